The second-order valence-electron chi connectivity index (χ2n) is 6.45. The van der Waals surface area contributed by atoms with Crippen molar-refractivity contribution in [3.63, 3.8) is 0 Å². The predicted molar refractivity (Wildman–Crippen MR) is 95.7 cm³/mol. The lowest BCUT2D eigenvalue weighted by molar-refractivity contribution is -0.00231. The molecule has 2 heterocycles. The summed E-state index contributed by atoms with van der Waals surface area (Å²) in [4.78, 5) is 17.7. The van der Waals surface area contributed by atoms with Gasteiger partial charge in [-0.15, -0.1) is 0 Å². The van der Waals surface area contributed by atoms with Crippen LogP contribution in [-0.4, -0.2) is 42.8 Å². The lowest BCUT2D eigenvalue weighted by Gasteiger charge is -2.32. The van der Waals surface area contributed by atoms with Crippen molar-refractivity contribution in [2.45, 2.75) is 38.8 Å². The van der Waals surface area contributed by atoms with Crippen molar-refractivity contribution in [3.8, 4) is 5.75 Å². The number of likely N-dealkylation sites (tertiary alicyclic amines) is 1. The highest BCUT2D eigenvalue weighted by Gasteiger charge is 2.21. The fraction of sp³-hybridized carbons (Fsp3) is 0.526. The number of benzene rings is 1. The molecule has 2 aromatic rings. The zero-order valence-corrected chi connectivity index (χ0v) is 14.5. The summed E-state index contributed by atoms with van der Waals surface area (Å²) in [6.45, 7) is 5.52. The van der Waals surface area contributed by atoms with Crippen LogP contribution in [0.4, 0.5) is 0 Å². The quantitative estimate of drug-likeness (QED) is 0.885. The Morgan fingerprint density at radius 2 is 2.21 bits per heavy atom. The van der Waals surface area contributed by atoms with Crippen molar-refractivity contribution in [3.05, 3.63) is 40.2 Å². The number of fused-ring (bicyclic) bond motifs is 1. The van der Waals surface area contributed by atoms with Gasteiger partial charge in [-0.1, -0.05) is 6.92 Å². The van der Waals surface area contributed by atoms with Crippen LogP contribution in [0.2, 0.25) is 0 Å². The number of rotatable bonds is 6. The van der Waals surface area contributed by atoms with Gasteiger partial charge in [0, 0.05) is 36.2 Å². The molecule has 1 aromatic carbocycles. The SMILES string of the molecule is CCCO[C@H]1CCCN(Cc2cc3cc(OC)ccc3[nH]c2=O)C1. The Kier molecular flexibility index (Phi) is 5.53. The second-order valence-corrected chi connectivity index (χ2v) is 6.45. The van der Waals surface area contributed by atoms with E-state index in [0.29, 0.717) is 12.6 Å². The fourth-order valence-electron chi connectivity index (χ4n) is 3.29. The van der Waals surface area contributed by atoms with Crippen molar-refractivity contribution in [1.29, 1.82) is 0 Å². The van der Waals surface area contributed by atoms with Crippen LogP contribution in [0.25, 0.3) is 10.9 Å². The number of pyridine rings is 1. The van der Waals surface area contributed by atoms with Crippen molar-refractivity contribution in [2.24, 2.45) is 0 Å². The van der Waals surface area contributed by atoms with Gasteiger partial charge < -0.3 is 14.5 Å². The Balaban J connectivity index is 1.76. The standard InChI is InChI=1S/C19H26N2O3/c1-3-9-24-17-5-4-8-21(13-17)12-15-10-14-11-16(23-2)6-7-18(14)20-19(15)22/h6-7,10-11,17H,3-5,8-9,12-13H2,1-2H3,(H,20,22)/t17-/m0/s1. The molecular weight excluding hydrogens is 304 g/mol. The lowest BCUT2D eigenvalue weighted by Crippen LogP contribution is -2.40. The average molecular weight is 330 g/mol. The molecule has 1 saturated heterocycles. The first-order valence-electron chi connectivity index (χ1n) is 8.73. The minimum atomic E-state index is -0.00994. The van der Waals surface area contributed by atoms with E-state index in [1.807, 2.05) is 24.3 Å². The van der Waals surface area contributed by atoms with Crippen LogP contribution in [0.3, 0.4) is 0 Å². The summed E-state index contributed by atoms with van der Waals surface area (Å²) in [6, 6.07) is 7.68. The number of ether oxygens (including phenoxy) is 2. The summed E-state index contributed by atoms with van der Waals surface area (Å²) >= 11 is 0. The van der Waals surface area contributed by atoms with Gasteiger partial charge >= 0.3 is 0 Å². The van der Waals surface area contributed by atoms with Crippen molar-refractivity contribution in [2.75, 3.05) is 26.8 Å². The number of hydrogen-bond acceptors (Lipinski definition) is 4. The molecule has 0 amide bonds. The monoisotopic (exact) mass is 330 g/mol. The normalized spacial score (nSPS) is 18.8. The number of hydrogen-bond donors (Lipinski definition) is 1. The maximum Gasteiger partial charge on any atom is 0.252 e. The van der Waals surface area contributed by atoms with Gasteiger partial charge in [0.15, 0.2) is 0 Å². The molecule has 0 bridgehead atoms. The molecule has 1 aliphatic rings. The van der Waals surface area contributed by atoms with Gasteiger partial charge in [-0.2, -0.15) is 0 Å². The van der Waals surface area contributed by atoms with E-state index < -0.39 is 0 Å². The molecular formula is C19H26N2O3. The zero-order chi connectivity index (χ0) is 16.9. The van der Waals surface area contributed by atoms with Gasteiger partial charge in [0.25, 0.3) is 5.56 Å². The van der Waals surface area contributed by atoms with Crippen LogP contribution >= 0.6 is 0 Å². The lowest BCUT2D eigenvalue weighted by atomic mass is 10.1. The number of aromatic amines is 1. The molecule has 1 aromatic heterocycles. The van der Waals surface area contributed by atoms with Crippen LogP contribution in [0.5, 0.6) is 5.75 Å². The summed E-state index contributed by atoms with van der Waals surface area (Å²) in [5.41, 5.74) is 1.63. The van der Waals surface area contributed by atoms with Gasteiger partial charge in [0.05, 0.1) is 13.2 Å². The molecule has 0 aliphatic carbocycles. The number of nitrogens with one attached hydrogen (secondary N) is 1. The Hall–Kier alpha value is -1.85. The molecule has 1 N–H and O–H groups in total. The van der Waals surface area contributed by atoms with Gasteiger partial charge in [0.1, 0.15) is 5.75 Å². The number of H-pyrrole nitrogens is 1. The summed E-state index contributed by atoms with van der Waals surface area (Å²) in [5.74, 6) is 0.798. The van der Waals surface area contributed by atoms with E-state index in [1.54, 1.807) is 7.11 Å². The third kappa shape index (κ3) is 3.97. The minimum Gasteiger partial charge on any atom is -0.497 e. The van der Waals surface area contributed by atoms with Crippen molar-refractivity contribution in [1.82, 2.24) is 9.88 Å². The first-order valence-corrected chi connectivity index (χ1v) is 8.73. The van der Waals surface area contributed by atoms with Gasteiger partial charge in [-0.3, -0.25) is 9.69 Å². The van der Waals surface area contributed by atoms with Crippen LogP contribution in [0, 0.1) is 0 Å². The van der Waals surface area contributed by atoms with E-state index in [0.717, 1.165) is 61.2 Å². The first-order chi connectivity index (χ1) is 11.7. The summed E-state index contributed by atoms with van der Waals surface area (Å²) in [6.07, 6.45) is 3.57. The van der Waals surface area contributed by atoms with Crippen LogP contribution in [0.15, 0.2) is 29.1 Å². The highest BCUT2D eigenvalue weighted by atomic mass is 16.5. The molecule has 5 heteroatoms. The topological polar surface area (TPSA) is 54.6 Å². The third-order valence-electron chi connectivity index (χ3n) is 4.54. The van der Waals surface area contributed by atoms with Crippen LogP contribution < -0.4 is 10.3 Å². The number of methoxy groups -OCH3 is 1. The molecule has 1 aliphatic heterocycles. The van der Waals surface area contributed by atoms with E-state index in [9.17, 15) is 4.79 Å². The molecule has 0 spiro atoms. The fourth-order valence-corrected chi connectivity index (χ4v) is 3.29. The van der Waals surface area contributed by atoms with Crippen molar-refractivity contribution < 1.29 is 9.47 Å². The summed E-state index contributed by atoms with van der Waals surface area (Å²) < 4.78 is 11.2. The Labute approximate surface area is 142 Å². The van der Waals surface area contributed by atoms with Crippen molar-refractivity contribution >= 4 is 10.9 Å². The molecule has 0 radical (unpaired) electrons. The Morgan fingerprint density at radius 1 is 1.33 bits per heavy atom. The van der Waals surface area contributed by atoms with E-state index in [1.165, 1.54) is 0 Å². The van der Waals surface area contributed by atoms with Gasteiger partial charge in [0.2, 0.25) is 0 Å². The highest BCUT2D eigenvalue weighted by Crippen LogP contribution is 2.20. The maximum atomic E-state index is 12.4. The number of nitrogens with zero attached hydrogens (tertiary/aromatic N) is 1. The Bertz CT molecular complexity index is 741. The van der Waals surface area contributed by atoms with E-state index >= 15 is 0 Å². The molecule has 5 nitrogen and oxygen atoms in total. The molecule has 1 fully saturated rings. The maximum absolute atomic E-state index is 12.4. The summed E-state index contributed by atoms with van der Waals surface area (Å²) in [7, 11) is 1.65. The third-order valence-corrected chi connectivity index (χ3v) is 4.54. The second kappa shape index (κ2) is 7.81. The highest BCUT2D eigenvalue weighted by molar-refractivity contribution is 5.80. The first kappa shape index (κ1) is 17.0. The summed E-state index contributed by atoms with van der Waals surface area (Å²) in [5, 5.41) is 1.000. The van der Waals surface area contributed by atoms with Gasteiger partial charge in [-0.05, 0) is 50.1 Å². The predicted octanol–water partition coefficient (Wildman–Crippen LogP) is 2.93. The zero-order valence-electron chi connectivity index (χ0n) is 14.5. The molecule has 1 atom stereocenters. The van der Waals surface area contributed by atoms with Crippen LogP contribution in [-0.2, 0) is 11.3 Å². The van der Waals surface area contributed by atoms with Gasteiger partial charge in [-0.25, -0.2) is 0 Å². The van der Waals surface area contributed by atoms with E-state index in [4.69, 9.17) is 9.47 Å². The molecule has 130 valence electrons. The average Bonchev–Trinajstić information content (AvgIpc) is 2.60. The molecule has 0 unspecified atom stereocenters. The number of piperidine rings is 1. The molecule has 0 saturated carbocycles. The largest absolute Gasteiger partial charge is 0.497 e. The van der Waals surface area contributed by atoms with E-state index in [2.05, 4.69) is 16.8 Å². The smallest absolute Gasteiger partial charge is 0.252 e. The van der Waals surface area contributed by atoms with E-state index in [-0.39, 0.29) is 5.56 Å². The Morgan fingerprint density at radius 3 is 3.00 bits per heavy atom. The molecule has 24 heavy (non-hydrogen) atoms. The minimum absolute atomic E-state index is 0.00994. The number of aromatic nitrogens is 1. The molecule has 3 rings (SSSR count). The van der Waals surface area contributed by atoms with Crippen LogP contribution in [0.1, 0.15) is 31.7 Å².